The van der Waals surface area contributed by atoms with E-state index < -0.39 is 5.97 Å². The fourth-order valence-electron chi connectivity index (χ4n) is 2.35. The third-order valence-corrected chi connectivity index (χ3v) is 3.62. The van der Waals surface area contributed by atoms with Gasteiger partial charge in [0, 0.05) is 13.1 Å². The first-order valence-electron chi connectivity index (χ1n) is 7.03. The number of urea groups is 1. The maximum absolute atomic E-state index is 12.3. The summed E-state index contributed by atoms with van der Waals surface area (Å²) in [4.78, 5) is 25.2. The lowest BCUT2D eigenvalue weighted by atomic mass is 10.1. The predicted molar refractivity (Wildman–Crippen MR) is 78.8 cm³/mol. The van der Waals surface area contributed by atoms with Gasteiger partial charge in [0.25, 0.3) is 0 Å². The summed E-state index contributed by atoms with van der Waals surface area (Å²) in [6.07, 6.45) is 0.884. The van der Waals surface area contributed by atoms with Gasteiger partial charge < -0.3 is 20.1 Å². The second-order valence-corrected chi connectivity index (χ2v) is 5.08. The van der Waals surface area contributed by atoms with Gasteiger partial charge in [-0.15, -0.1) is 0 Å². The molecule has 1 aromatic rings. The van der Waals surface area contributed by atoms with Gasteiger partial charge in [0.1, 0.15) is 0 Å². The van der Waals surface area contributed by atoms with Gasteiger partial charge in [-0.05, 0) is 25.0 Å². The standard InChI is InChI=1S/C15H20N2O4/c1-3-11-9-17(7-8-21-11)15(20)16-13-10(2)5-4-6-12(13)14(18)19/h4-6,11H,3,7-9H2,1-2H3,(H,16,20)(H,18,19). The van der Waals surface area contributed by atoms with Crippen LogP contribution in [0.5, 0.6) is 0 Å². The summed E-state index contributed by atoms with van der Waals surface area (Å²) in [5.41, 5.74) is 1.18. The molecule has 1 atom stereocenters. The number of hydrogen-bond donors (Lipinski definition) is 2. The molecule has 0 aromatic heterocycles. The third-order valence-electron chi connectivity index (χ3n) is 3.62. The fraction of sp³-hybridized carbons (Fsp3) is 0.467. The van der Waals surface area contributed by atoms with Gasteiger partial charge in [0.2, 0.25) is 0 Å². The summed E-state index contributed by atoms with van der Waals surface area (Å²) in [5.74, 6) is -1.05. The van der Waals surface area contributed by atoms with Crippen LogP contribution in [-0.2, 0) is 4.74 Å². The SMILES string of the molecule is CCC1CN(C(=O)Nc2c(C)cccc2C(=O)O)CCO1. The molecule has 0 spiro atoms. The summed E-state index contributed by atoms with van der Waals surface area (Å²) in [6, 6.07) is 4.64. The average Bonchev–Trinajstić information content (AvgIpc) is 2.49. The van der Waals surface area contributed by atoms with E-state index in [0.717, 1.165) is 12.0 Å². The number of carboxylic acid groups (broad SMARTS) is 1. The Morgan fingerprint density at radius 3 is 2.90 bits per heavy atom. The zero-order chi connectivity index (χ0) is 15.4. The largest absolute Gasteiger partial charge is 0.478 e. The van der Waals surface area contributed by atoms with Gasteiger partial charge in [-0.1, -0.05) is 19.1 Å². The van der Waals surface area contributed by atoms with Gasteiger partial charge >= 0.3 is 12.0 Å². The highest BCUT2D eigenvalue weighted by molar-refractivity contribution is 6.01. The van der Waals surface area contributed by atoms with Crippen LogP contribution in [0.1, 0.15) is 29.3 Å². The number of rotatable bonds is 3. The van der Waals surface area contributed by atoms with Gasteiger partial charge in [-0.2, -0.15) is 0 Å². The molecule has 6 heteroatoms. The maximum atomic E-state index is 12.3. The molecule has 0 aliphatic carbocycles. The van der Waals surface area contributed by atoms with Crippen molar-refractivity contribution < 1.29 is 19.4 Å². The van der Waals surface area contributed by atoms with Crippen LogP contribution in [0.25, 0.3) is 0 Å². The van der Waals surface area contributed by atoms with Crippen molar-refractivity contribution in [3.8, 4) is 0 Å². The Morgan fingerprint density at radius 1 is 1.48 bits per heavy atom. The minimum absolute atomic E-state index is 0.0420. The van der Waals surface area contributed by atoms with Crippen LogP contribution in [0.4, 0.5) is 10.5 Å². The summed E-state index contributed by atoms with van der Waals surface area (Å²) >= 11 is 0. The molecule has 1 unspecified atom stereocenters. The second kappa shape index (κ2) is 6.58. The first kappa shape index (κ1) is 15.3. The smallest absolute Gasteiger partial charge is 0.337 e. The number of nitrogens with zero attached hydrogens (tertiary/aromatic N) is 1. The van der Waals surface area contributed by atoms with Crippen LogP contribution in [-0.4, -0.2) is 47.8 Å². The first-order valence-corrected chi connectivity index (χ1v) is 7.03. The fourth-order valence-corrected chi connectivity index (χ4v) is 2.35. The van der Waals surface area contributed by atoms with Gasteiger partial charge in [-0.3, -0.25) is 0 Å². The number of ether oxygens (including phenoxy) is 1. The Labute approximate surface area is 123 Å². The molecule has 1 saturated heterocycles. The molecular weight excluding hydrogens is 272 g/mol. The van der Waals surface area contributed by atoms with Crippen molar-refractivity contribution in [2.24, 2.45) is 0 Å². The van der Waals surface area contributed by atoms with Crippen molar-refractivity contribution in [2.45, 2.75) is 26.4 Å². The van der Waals surface area contributed by atoms with Gasteiger partial charge in [0.15, 0.2) is 0 Å². The number of amides is 2. The minimum Gasteiger partial charge on any atom is -0.478 e. The third kappa shape index (κ3) is 3.52. The molecule has 6 nitrogen and oxygen atoms in total. The van der Waals surface area contributed by atoms with Crippen molar-refractivity contribution >= 4 is 17.7 Å². The molecule has 114 valence electrons. The number of para-hydroxylation sites is 1. The van der Waals surface area contributed by atoms with Crippen molar-refractivity contribution in [1.82, 2.24) is 4.90 Å². The lowest BCUT2D eigenvalue weighted by molar-refractivity contribution is -0.0134. The van der Waals surface area contributed by atoms with Gasteiger partial charge in [0.05, 0.1) is 24.0 Å². The Morgan fingerprint density at radius 2 is 2.24 bits per heavy atom. The molecule has 21 heavy (non-hydrogen) atoms. The van der Waals surface area contributed by atoms with E-state index in [1.54, 1.807) is 24.0 Å². The Bertz CT molecular complexity index is 544. The van der Waals surface area contributed by atoms with Crippen molar-refractivity contribution in [1.29, 1.82) is 0 Å². The van der Waals surface area contributed by atoms with E-state index in [0.29, 0.717) is 25.4 Å². The summed E-state index contributed by atoms with van der Waals surface area (Å²) in [7, 11) is 0. The van der Waals surface area contributed by atoms with Crippen molar-refractivity contribution in [3.05, 3.63) is 29.3 Å². The van der Waals surface area contributed by atoms with E-state index in [9.17, 15) is 14.7 Å². The van der Waals surface area contributed by atoms with E-state index in [1.807, 2.05) is 6.92 Å². The molecule has 1 aliphatic rings. The molecule has 1 fully saturated rings. The molecule has 2 rings (SSSR count). The monoisotopic (exact) mass is 292 g/mol. The quantitative estimate of drug-likeness (QED) is 0.896. The number of benzene rings is 1. The summed E-state index contributed by atoms with van der Waals surface area (Å²) < 4.78 is 5.53. The molecular formula is C15H20N2O4. The molecule has 1 heterocycles. The van der Waals surface area contributed by atoms with Crippen molar-refractivity contribution in [2.75, 3.05) is 25.0 Å². The van der Waals surface area contributed by atoms with E-state index >= 15 is 0 Å². The zero-order valence-electron chi connectivity index (χ0n) is 12.3. The average molecular weight is 292 g/mol. The van der Waals surface area contributed by atoms with Crippen LogP contribution < -0.4 is 5.32 Å². The Hall–Kier alpha value is -2.08. The number of hydrogen-bond acceptors (Lipinski definition) is 3. The lowest BCUT2D eigenvalue weighted by Gasteiger charge is -2.32. The van der Waals surface area contributed by atoms with Crippen LogP contribution in [0.2, 0.25) is 0 Å². The number of carboxylic acids is 1. The van der Waals surface area contributed by atoms with E-state index in [2.05, 4.69) is 5.32 Å². The highest BCUT2D eigenvalue weighted by atomic mass is 16.5. The van der Waals surface area contributed by atoms with Gasteiger partial charge in [-0.25, -0.2) is 9.59 Å². The van der Waals surface area contributed by atoms with Crippen molar-refractivity contribution in [3.63, 3.8) is 0 Å². The predicted octanol–water partition coefficient (Wildman–Crippen LogP) is 2.34. The summed E-state index contributed by atoms with van der Waals surface area (Å²) in [5, 5.41) is 11.9. The number of anilines is 1. The molecule has 1 aromatic carbocycles. The Kier molecular flexibility index (Phi) is 4.80. The second-order valence-electron chi connectivity index (χ2n) is 5.08. The number of carbonyl (C=O) groups excluding carboxylic acids is 1. The lowest BCUT2D eigenvalue weighted by Crippen LogP contribution is -2.47. The van der Waals surface area contributed by atoms with E-state index in [1.165, 1.54) is 6.07 Å². The highest BCUT2D eigenvalue weighted by Crippen LogP contribution is 2.21. The molecule has 1 aliphatic heterocycles. The molecule has 0 saturated carbocycles. The first-order chi connectivity index (χ1) is 10.0. The number of aromatic carboxylic acids is 1. The van der Waals surface area contributed by atoms with Crippen LogP contribution in [0.15, 0.2) is 18.2 Å². The van der Waals surface area contributed by atoms with Crippen LogP contribution in [0, 0.1) is 6.92 Å². The van der Waals surface area contributed by atoms with E-state index in [4.69, 9.17) is 4.74 Å². The number of morpholine rings is 1. The molecule has 0 bridgehead atoms. The number of nitrogens with one attached hydrogen (secondary N) is 1. The normalized spacial score (nSPS) is 18.4. The highest BCUT2D eigenvalue weighted by Gasteiger charge is 2.24. The topological polar surface area (TPSA) is 78.9 Å². The number of carbonyl (C=O) groups is 2. The van der Waals surface area contributed by atoms with E-state index in [-0.39, 0.29) is 17.7 Å². The van der Waals surface area contributed by atoms with Crippen LogP contribution in [0.3, 0.4) is 0 Å². The molecule has 2 amide bonds. The maximum Gasteiger partial charge on any atom is 0.337 e. The zero-order valence-corrected chi connectivity index (χ0v) is 12.3. The minimum atomic E-state index is -1.05. The Balaban J connectivity index is 2.14. The summed E-state index contributed by atoms with van der Waals surface area (Å²) in [6.45, 7) is 5.32. The van der Waals surface area contributed by atoms with Crippen LogP contribution >= 0.6 is 0 Å². The number of aryl methyl sites for hydroxylation is 1. The molecule has 2 N–H and O–H groups in total. The molecule has 0 radical (unpaired) electrons.